The van der Waals surface area contributed by atoms with Crippen LogP contribution in [0.2, 0.25) is 5.02 Å². The minimum absolute atomic E-state index is 0.555. The Balaban J connectivity index is 1.87. The number of hydrogen-bond donors (Lipinski definition) is 1. The third-order valence-electron chi connectivity index (χ3n) is 5.48. The first-order valence-corrected chi connectivity index (χ1v) is 8.07. The van der Waals surface area contributed by atoms with Crippen molar-refractivity contribution in [2.24, 2.45) is 11.3 Å². The summed E-state index contributed by atoms with van der Waals surface area (Å²) in [4.78, 5) is 0. The molecule has 2 aliphatic rings. The molecule has 1 aromatic rings. The van der Waals surface area contributed by atoms with Gasteiger partial charge in [0.05, 0.1) is 0 Å². The zero-order valence-corrected chi connectivity index (χ0v) is 12.5. The summed E-state index contributed by atoms with van der Waals surface area (Å²) in [6.07, 6.45) is 6.97. The Hall–Kier alpha value is -0.530. The van der Waals surface area contributed by atoms with Crippen molar-refractivity contribution in [2.75, 3.05) is 13.1 Å². The summed E-state index contributed by atoms with van der Waals surface area (Å²) >= 11 is 6.03. The Morgan fingerprint density at radius 2 is 2.05 bits per heavy atom. The fraction of sp³-hybridized carbons (Fsp3) is 0.647. The lowest BCUT2D eigenvalue weighted by atomic mass is 9.66. The Morgan fingerprint density at radius 3 is 2.74 bits per heavy atom. The van der Waals surface area contributed by atoms with Crippen LogP contribution in [0.4, 0.5) is 0 Å². The molecule has 3 atom stereocenters. The van der Waals surface area contributed by atoms with Gasteiger partial charge < -0.3 is 5.32 Å². The summed E-state index contributed by atoms with van der Waals surface area (Å²) in [6.45, 7) is 4.68. The molecule has 1 N–H and O–H groups in total. The van der Waals surface area contributed by atoms with Crippen molar-refractivity contribution in [3.63, 3.8) is 0 Å². The molecular formula is C17H24ClN. The van der Waals surface area contributed by atoms with Crippen LogP contribution in [0.1, 0.15) is 50.5 Å². The van der Waals surface area contributed by atoms with Crippen LogP contribution in [0.25, 0.3) is 0 Å². The summed E-state index contributed by atoms with van der Waals surface area (Å²) in [6, 6.07) is 8.57. The average molecular weight is 278 g/mol. The summed E-state index contributed by atoms with van der Waals surface area (Å²) in [5, 5.41) is 4.45. The van der Waals surface area contributed by atoms with Gasteiger partial charge in [-0.05, 0) is 61.3 Å². The smallest absolute Gasteiger partial charge is 0.0406 e. The van der Waals surface area contributed by atoms with Crippen molar-refractivity contribution in [1.29, 1.82) is 0 Å². The van der Waals surface area contributed by atoms with Crippen molar-refractivity contribution in [3.8, 4) is 0 Å². The molecule has 1 saturated carbocycles. The van der Waals surface area contributed by atoms with Gasteiger partial charge >= 0.3 is 0 Å². The van der Waals surface area contributed by atoms with Gasteiger partial charge in [0.15, 0.2) is 0 Å². The number of nitrogens with one attached hydrogen (secondary N) is 1. The lowest BCUT2D eigenvalue weighted by Gasteiger charge is -2.42. The summed E-state index contributed by atoms with van der Waals surface area (Å²) in [5.41, 5.74) is 2.04. The fourth-order valence-electron chi connectivity index (χ4n) is 4.30. The predicted molar refractivity (Wildman–Crippen MR) is 81.7 cm³/mol. The molecule has 3 unspecified atom stereocenters. The van der Waals surface area contributed by atoms with Crippen molar-refractivity contribution in [3.05, 3.63) is 34.9 Å². The standard InChI is InChI=1S/C17H24ClN/c1-2-13-7-8-17(11-13)9-10-19-12-16(17)14-3-5-15(18)6-4-14/h3-6,13,16,19H,2,7-12H2,1H3. The van der Waals surface area contributed by atoms with Crippen LogP contribution >= 0.6 is 11.6 Å². The fourth-order valence-corrected chi connectivity index (χ4v) is 4.43. The maximum absolute atomic E-state index is 6.03. The normalized spacial score (nSPS) is 34.8. The molecule has 3 rings (SSSR count). The first-order chi connectivity index (χ1) is 9.23. The van der Waals surface area contributed by atoms with Gasteiger partial charge in [-0.15, -0.1) is 0 Å². The van der Waals surface area contributed by atoms with E-state index in [1.807, 2.05) is 12.1 Å². The van der Waals surface area contributed by atoms with E-state index in [1.54, 1.807) is 0 Å². The highest BCUT2D eigenvalue weighted by Gasteiger charge is 2.45. The van der Waals surface area contributed by atoms with Gasteiger partial charge in [0.25, 0.3) is 0 Å². The molecule has 1 aromatic carbocycles. The highest BCUT2D eigenvalue weighted by Crippen LogP contribution is 2.54. The lowest BCUT2D eigenvalue weighted by Crippen LogP contribution is -2.42. The third-order valence-corrected chi connectivity index (χ3v) is 5.73. The maximum atomic E-state index is 6.03. The van der Waals surface area contributed by atoms with Crippen molar-refractivity contribution in [1.82, 2.24) is 5.32 Å². The minimum atomic E-state index is 0.555. The Morgan fingerprint density at radius 1 is 1.26 bits per heavy atom. The first-order valence-electron chi connectivity index (χ1n) is 7.70. The van der Waals surface area contributed by atoms with E-state index in [-0.39, 0.29) is 0 Å². The van der Waals surface area contributed by atoms with E-state index in [0.717, 1.165) is 17.5 Å². The van der Waals surface area contributed by atoms with E-state index in [9.17, 15) is 0 Å². The lowest BCUT2D eigenvalue weighted by molar-refractivity contribution is 0.162. The highest BCUT2D eigenvalue weighted by molar-refractivity contribution is 6.30. The third kappa shape index (κ3) is 2.55. The molecule has 0 amide bonds. The molecule has 104 valence electrons. The van der Waals surface area contributed by atoms with Crippen molar-refractivity contribution < 1.29 is 0 Å². The van der Waals surface area contributed by atoms with Crippen molar-refractivity contribution in [2.45, 2.75) is 44.9 Å². The molecule has 1 spiro atoms. The van der Waals surface area contributed by atoms with Crippen LogP contribution < -0.4 is 5.32 Å². The van der Waals surface area contributed by atoms with Crippen LogP contribution in [0, 0.1) is 11.3 Å². The van der Waals surface area contributed by atoms with Crippen LogP contribution in [-0.4, -0.2) is 13.1 Å². The second-order valence-corrected chi connectivity index (χ2v) is 6.87. The van der Waals surface area contributed by atoms with Gasteiger partial charge in [0.1, 0.15) is 0 Å². The molecule has 2 fully saturated rings. The van der Waals surface area contributed by atoms with Crippen molar-refractivity contribution >= 4 is 11.6 Å². The molecule has 19 heavy (non-hydrogen) atoms. The van der Waals surface area contributed by atoms with Crippen LogP contribution in [0.5, 0.6) is 0 Å². The number of piperidine rings is 1. The first kappa shape index (κ1) is 13.5. The van der Waals surface area contributed by atoms with Gasteiger partial charge in [0, 0.05) is 17.5 Å². The SMILES string of the molecule is CCC1CCC2(CCNCC2c2ccc(Cl)cc2)C1. The van der Waals surface area contributed by atoms with E-state index in [2.05, 4.69) is 24.4 Å². The maximum Gasteiger partial charge on any atom is 0.0406 e. The molecule has 1 aliphatic carbocycles. The topological polar surface area (TPSA) is 12.0 Å². The number of hydrogen-bond acceptors (Lipinski definition) is 1. The second-order valence-electron chi connectivity index (χ2n) is 6.44. The molecule has 1 aliphatic heterocycles. The van der Waals surface area contributed by atoms with Gasteiger partial charge in [-0.3, -0.25) is 0 Å². The average Bonchev–Trinajstić information content (AvgIpc) is 2.84. The molecule has 0 bridgehead atoms. The molecule has 0 radical (unpaired) electrons. The second kappa shape index (κ2) is 5.46. The summed E-state index contributed by atoms with van der Waals surface area (Å²) < 4.78 is 0. The monoisotopic (exact) mass is 277 g/mol. The molecular weight excluding hydrogens is 254 g/mol. The zero-order valence-electron chi connectivity index (χ0n) is 11.8. The number of benzene rings is 1. The quantitative estimate of drug-likeness (QED) is 0.832. The zero-order chi connectivity index (χ0) is 13.3. The Labute approximate surface area is 121 Å². The largest absolute Gasteiger partial charge is 0.316 e. The minimum Gasteiger partial charge on any atom is -0.316 e. The summed E-state index contributed by atoms with van der Waals surface area (Å²) in [7, 11) is 0. The molecule has 0 aromatic heterocycles. The molecule has 2 heteroatoms. The van der Waals surface area contributed by atoms with E-state index in [1.165, 1.54) is 44.2 Å². The number of halogens is 1. The van der Waals surface area contributed by atoms with E-state index < -0.39 is 0 Å². The Bertz CT molecular complexity index is 427. The van der Waals surface area contributed by atoms with E-state index >= 15 is 0 Å². The van der Waals surface area contributed by atoms with Gasteiger partial charge in [0.2, 0.25) is 0 Å². The summed E-state index contributed by atoms with van der Waals surface area (Å²) in [5.74, 6) is 1.63. The molecule has 1 nitrogen and oxygen atoms in total. The molecule has 1 saturated heterocycles. The van der Waals surface area contributed by atoms with Gasteiger partial charge in [-0.2, -0.15) is 0 Å². The van der Waals surface area contributed by atoms with Crippen LogP contribution in [0.15, 0.2) is 24.3 Å². The highest BCUT2D eigenvalue weighted by atomic mass is 35.5. The number of rotatable bonds is 2. The van der Waals surface area contributed by atoms with Gasteiger partial charge in [-0.1, -0.05) is 37.1 Å². The van der Waals surface area contributed by atoms with E-state index in [0.29, 0.717) is 11.3 Å². The van der Waals surface area contributed by atoms with Crippen LogP contribution in [-0.2, 0) is 0 Å². The Kier molecular flexibility index (Phi) is 3.86. The molecule has 1 heterocycles. The van der Waals surface area contributed by atoms with Gasteiger partial charge in [-0.25, -0.2) is 0 Å². The predicted octanol–water partition coefficient (Wildman–Crippen LogP) is 4.61. The van der Waals surface area contributed by atoms with Crippen LogP contribution in [0.3, 0.4) is 0 Å². The van der Waals surface area contributed by atoms with E-state index in [4.69, 9.17) is 11.6 Å².